The Kier molecular flexibility index (Phi) is 5.20. The Bertz CT molecular complexity index is 529. The molecule has 2 aliphatic carbocycles. The van der Waals surface area contributed by atoms with Crippen LogP contribution in [0.15, 0.2) is 0 Å². The van der Waals surface area contributed by atoms with Gasteiger partial charge in [0.25, 0.3) is 0 Å². The molecule has 164 valence electrons. The molecule has 6 aliphatic rings. The van der Waals surface area contributed by atoms with Crippen LogP contribution in [-0.4, -0.2) is 86.7 Å². The van der Waals surface area contributed by atoms with Crippen LogP contribution in [0.5, 0.6) is 0 Å². The van der Waals surface area contributed by atoms with Crippen molar-refractivity contribution in [2.45, 2.75) is 88.5 Å². The van der Waals surface area contributed by atoms with Crippen molar-refractivity contribution >= 4 is 0 Å². The molecular weight excluding hydrogens is 364 g/mol. The molecule has 0 aromatic heterocycles. The second-order valence-corrected chi connectivity index (χ2v) is 11.0. The monoisotopic (exact) mass is 404 g/mol. The Hall–Kier alpha value is -0.200. The lowest BCUT2D eigenvalue weighted by atomic mass is 9.56. The summed E-state index contributed by atoms with van der Waals surface area (Å²) in [6, 6.07) is 1.36. The van der Waals surface area contributed by atoms with E-state index in [2.05, 4.69) is 9.80 Å². The van der Waals surface area contributed by atoms with Crippen molar-refractivity contribution < 1.29 is 14.2 Å². The molecule has 4 atom stereocenters. The van der Waals surface area contributed by atoms with Crippen LogP contribution in [0.4, 0.5) is 0 Å². The van der Waals surface area contributed by atoms with Gasteiger partial charge in [-0.3, -0.25) is 9.80 Å². The maximum absolute atomic E-state index is 6.14. The van der Waals surface area contributed by atoms with Gasteiger partial charge in [0.2, 0.25) is 0 Å². The van der Waals surface area contributed by atoms with Crippen LogP contribution in [0.2, 0.25) is 0 Å². The maximum Gasteiger partial charge on any atom is 0.0737 e. The zero-order valence-electron chi connectivity index (χ0n) is 18.2. The lowest BCUT2D eigenvalue weighted by Gasteiger charge is -2.64. The second kappa shape index (κ2) is 7.74. The largest absolute Gasteiger partial charge is 0.379 e. The third kappa shape index (κ3) is 3.22. The summed E-state index contributed by atoms with van der Waals surface area (Å²) in [4.78, 5) is 5.36. The quantitative estimate of drug-likeness (QED) is 0.581. The Morgan fingerprint density at radius 2 is 1.17 bits per heavy atom. The molecule has 6 fully saturated rings. The highest BCUT2D eigenvalue weighted by Gasteiger charge is 2.59. The second-order valence-electron chi connectivity index (χ2n) is 11.0. The summed E-state index contributed by atoms with van der Waals surface area (Å²) in [5.74, 6) is 0. The molecule has 6 rings (SSSR count). The Balaban J connectivity index is 0.943. The highest BCUT2D eigenvalue weighted by molar-refractivity contribution is 5.12. The Morgan fingerprint density at radius 1 is 0.690 bits per heavy atom. The van der Waals surface area contributed by atoms with Gasteiger partial charge in [0.1, 0.15) is 0 Å². The maximum atomic E-state index is 6.14. The standard InChI is InChI=1S/C24H40N2O3/c1-5-19(28-13-1)21-23(7-3-8-23)17-25(21)11-15-27-16-12-26-18-24(9-4-10-24)22(26)20-6-2-14-29-20/h19-22H,1-18H2. The Morgan fingerprint density at radius 3 is 1.52 bits per heavy atom. The molecule has 5 nitrogen and oxygen atoms in total. The molecule has 0 amide bonds. The van der Waals surface area contributed by atoms with E-state index in [1.165, 1.54) is 77.3 Å². The molecule has 0 bridgehead atoms. The normalized spacial score (nSPS) is 40.6. The number of rotatable bonds is 8. The summed E-state index contributed by atoms with van der Waals surface area (Å²) >= 11 is 0. The van der Waals surface area contributed by atoms with E-state index in [0.29, 0.717) is 35.1 Å². The van der Waals surface area contributed by atoms with E-state index in [4.69, 9.17) is 14.2 Å². The smallest absolute Gasteiger partial charge is 0.0737 e. The zero-order valence-corrected chi connectivity index (χ0v) is 18.2. The molecule has 0 aromatic carbocycles. The highest BCUT2D eigenvalue weighted by atomic mass is 16.5. The first-order chi connectivity index (χ1) is 14.3. The zero-order chi connectivity index (χ0) is 19.3. The van der Waals surface area contributed by atoms with Gasteiger partial charge in [-0.2, -0.15) is 0 Å². The van der Waals surface area contributed by atoms with E-state index in [1.807, 2.05) is 0 Å². The van der Waals surface area contributed by atoms with Crippen LogP contribution in [0.25, 0.3) is 0 Å². The summed E-state index contributed by atoms with van der Waals surface area (Å²) in [7, 11) is 0. The number of nitrogens with zero attached hydrogens (tertiary/aromatic N) is 2. The van der Waals surface area contributed by atoms with Crippen molar-refractivity contribution in [3.8, 4) is 0 Å². The molecule has 0 aromatic rings. The van der Waals surface area contributed by atoms with Crippen LogP contribution in [-0.2, 0) is 14.2 Å². The predicted molar refractivity (Wildman–Crippen MR) is 112 cm³/mol. The van der Waals surface area contributed by atoms with Gasteiger partial charge in [-0.05, 0) is 51.4 Å². The molecule has 4 unspecified atom stereocenters. The fraction of sp³-hybridized carbons (Fsp3) is 1.00. The van der Waals surface area contributed by atoms with Crippen molar-refractivity contribution in [1.82, 2.24) is 9.80 Å². The predicted octanol–water partition coefficient (Wildman–Crippen LogP) is 3.07. The minimum atomic E-state index is 0.496. The summed E-state index contributed by atoms with van der Waals surface area (Å²) in [5.41, 5.74) is 1.22. The third-order valence-corrected chi connectivity index (χ3v) is 9.46. The van der Waals surface area contributed by atoms with E-state index in [-0.39, 0.29) is 0 Å². The van der Waals surface area contributed by atoms with Gasteiger partial charge in [-0.25, -0.2) is 0 Å². The molecule has 4 saturated heterocycles. The third-order valence-electron chi connectivity index (χ3n) is 9.46. The first kappa shape index (κ1) is 19.5. The molecule has 0 N–H and O–H groups in total. The van der Waals surface area contributed by atoms with Gasteiger partial charge >= 0.3 is 0 Å². The number of likely N-dealkylation sites (tertiary alicyclic amines) is 2. The topological polar surface area (TPSA) is 34.2 Å². The fourth-order valence-corrected chi connectivity index (χ4v) is 7.78. The van der Waals surface area contributed by atoms with Crippen molar-refractivity contribution in [3.05, 3.63) is 0 Å². The van der Waals surface area contributed by atoms with E-state index < -0.39 is 0 Å². The molecule has 4 heterocycles. The lowest BCUT2D eigenvalue weighted by Crippen LogP contribution is -2.71. The lowest BCUT2D eigenvalue weighted by molar-refractivity contribution is -0.182. The number of ether oxygens (including phenoxy) is 3. The van der Waals surface area contributed by atoms with Crippen LogP contribution in [0, 0.1) is 10.8 Å². The van der Waals surface area contributed by atoms with E-state index in [0.717, 1.165) is 39.5 Å². The molecule has 5 heteroatoms. The van der Waals surface area contributed by atoms with Crippen LogP contribution >= 0.6 is 0 Å². The van der Waals surface area contributed by atoms with E-state index in [9.17, 15) is 0 Å². The molecule has 4 aliphatic heterocycles. The SMILES string of the molecule is C1COC(C2N(CCOCCN3CC4(CCC4)C3C3CCCO3)CC23CCC3)C1. The Labute approximate surface area is 176 Å². The van der Waals surface area contributed by atoms with Gasteiger partial charge in [-0.1, -0.05) is 12.8 Å². The van der Waals surface area contributed by atoms with E-state index in [1.54, 1.807) is 0 Å². The van der Waals surface area contributed by atoms with Crippen molar-refractivity contribution in [1.29, 1.82) is 0 Å². The first-order valence-electron chi connectivity index (χ1n) is 12.6. The van der Waals surface area contributed by atoms with Gasteiger partial charge in [-0.15, -0.1) is 0 Å². The van der Waals surface area contributed by atoms with Crippen LogP contribution < -0.4 is 0 Å². The van der Waals surface area contributed by atoms with Gasteiger partial charge in [0, 0.05) is 62.3 Å². The van der Waals surface area contributed by atoms with Crippen molar-refractivity contribution in [2.75, 3.05) is 52.6 Å². The summed E-state index contributed by atoms with van der Waals surface area (Å²) in [6.07, 6.45) is 14.6. The van der Waals surface area contributed by atoms with Crippen molar-refractivity contribution in [2.24, 2.45) is 10.8 Å². The average Bonchev–Trinajstić information content (AvgIpc) is 3.29. The van der Waals surface area contributed by atoms with Crippen LogP contribution in [0.3, 0.4) is 0 Å². The number of hydrogen-bond donors (Lipinski definition) is 0. The molecule has 0 radical (unpaired) electrons. The van der Waals surface area contributed by atoms with Gasteiger partial charge < -0.3 is 14.2 Å². The summed E-state index contributed by atoms with van der Waals surface area (Å²) < 4.78 is 18.3. The van der Waals surface area contributed by atoms with Crippen molar-refractivity contribution in [3.63, 3.8) is 0 Å². The molecular formula is C24H40N2O3. The summed E-state index contributed by atoms with van der Waals surface area (Å²) in [5, 5.41) is 0. The molecule has 2 saturated carbocycles. The average molecular weight is 405 g/mol. The minimum Gasteiger partial charge on any atom is -0.379 e. The number of hydrogen-bond acceptors (Lipinski definition) is 5. The van der Waals surface area contributed by atoms with Gasteiger partial charge in [0.15, 0.2) is 0 Å². The fourth-order valence-electron chi connectivity index (χ4n) is 7.78. The first-order valence-corrected chi connectivity index (χ1v) is 12.6. The highest BCUT2D eigenvalue weighted by Crippen LogP contribution is 2.56. The van der Waals surface area contributed by atoms with Crippen LogP contribution in [0.1, 0.15) is 64.2 Å². The van der Waals surface area contributed by atoms with Gasteiger partial charge in [0.05, 0.1) is 25.4 Å². The molecule has 2 spiro atoms. The molecule has 29 heavy (non-hydrogen) atoms. The summed E-state index contributed by atoms with van der Waals surface area (Å²) in [6.45, 7) is 8.46. The minimum absolute atomic E-state index is 0.496. The van der Waals surface area contributed by atoms with E-state index >= 15 is 0 Å².